The second-order valence-corrected chi connectivity index (χ2v) is 5.42. The Morgan fingerprint density at radius 3 is 2.80 bits per heavy atom. The molecule has 0 bridgehead atoms. The van der Waals surface area contributed by atoms with Gasteiger partial charge in [0.2, 0.25) is 11.8 Å². The number of likely N-dealkylation sites (tertiary alicyclic amines) is 1. The summed E-state index contributed by atoms with van der Waals surface area (Å²) in [6.07, 6.45) is 2.62. The fraction of sp³-hybridized carbons (Fsp3) is 0.786. The van der Waals surface area contributed by atoms with Crippen LogP contribution < -0.4 is 5.32 Å². The lowest BCUT2D eigenvalue weighted by Gasteiger charge is -2.35. The van der Waals surface area contributed by atoms with Gasteiger partial charge in [0, 0.05) is 26.1 Å². The molecule has 1 N–H and O–H groups in total. The predicted molar refractivity (Wildman–Crippen MR) is 71.7 cm³/mol. The molecule has 0 radical (unpaired) electrons. The number of hydrogen-bond acceptors (Lipinski definition) is 4. The average Bonchev–Trinajstić information content (AvgIpc) is 2.48. The van der Waals surface area contributed by atoms with Gasteiger partial charge in [-0.2, -0.15) is 0 Å². The molecule has 6 heteroatoms. The average molecular weight is 282 g/mol. The smallest absolute Gasteiger partial charge is 0.310 e. The molecule has 0 aromatic heterocycles. The van der Waals surface area contributed by atoms with Crippen molar-refractivity contribution in [3.63, 3.8) is 0 Å². The van der Waals surface area contributed by atoms with Crippen molar-refractivity contribution in [1.82, 2.24) is 10.2 Å². The molecule has 2 aliphatic rings. The third kappa shape index (κ3) is 3.49. The number of piperidine rings is 2. The van der Waals surface area contributed by atoms with E-state index in [1.165, 1.54) is 0 Å². The maximum absolute atomic E-state index is 12.4. The zero-order chi connectivity index (χ0) is 14.5. The van der Waals surface area contributed by atoms with Crippen molar-refractivity contribution in [1.29, 1.82) is 0 Å². The van der Waals surface area contributed by atoms with Gasteiger partial charge in [-0.05, 0) is 26.2 Å². The molecule has 0 aromatic carbocycles. The van der Waals surface area contributed by atoms with E-state index in [9.17, 15) is 14.4 Å². The van der Waals surface area contributed by atoms with Crippen molar-refractivity contribution in [2.75, 3.05) is 26.2 Å². The molecular weight excluding hydrogens is 260 g/mol. The minimum atomic E-state index is -0.207. The van der Waals surface area contributed by atoms with Gasteiger partial charge in [-0.15, -0.1) is 0 Å². The fourth-order valence-corrected chi connectivity index (χ4v) is 2.83. The van der Waals surface area contributed by atoms with Gasteiger partial charge in [0.25, 0.3) is 0 Å². The highest BCUT2D eigenvalue weighted by Crippen LogP contribution is 2.22. The Kier molecular flexibility index (Phi) is 4.98. The molecular formula is C14H22N2O4. The molecule has 0 aromatic rings. The lowest BCUT2D eigenvalue weighted by atomic mass is 9.93. The Hall–Kier alpha value is -1.59. The highest BCUT2D eigenvalue weighted by Gasteiger charge is 2.33. The van der Waals surface area contributed by atoms with Crippen LogP contribution in [0.1, 0.15) is 32.6 Å². The summed E-state index contributed by atoms with van der Waals surface area (Å²) >= 11 is 0. The van der Waals surface area contributed by atoms with Crippen LogP contribution in [0.15, 0.2) is 0 Å². The Bertz CT molecular complexity index is 387. The second-order valence-electron chi connectivity index (χ2n) is 5.42. The molecule has 0 aliphatic carbocycles. The molecule has 2 rings (SSSR count). The lowest BCUT2D eigenvalue weighted by Crippen LogP contribution is -2.49. The van der Waals surface area contributed by atoms with Gasteiger partial charge in [0.15, 0.2) is 0 Å². The van der Waals surface area contributed by atoms with E-state index in [4.69, 9.17) is 4.74 Å². The summed E-state index contributed by atoms with van der Waals surface area (Å²) in [4.78, 5) is 37.1. The van der Waals surface area contributed by atoms with Gasteiger partial charge in [-0.3, -0.25) is 14.4 Å². The summed E-state index contributed by atoms with van der Waals surface area (Å²) in [5.74, 6) is -0.488. The van der Waals surface area contributed by atoms with Crippen molar-refractivity contribution < 1.29 is 19.1 Å². The van der Waals surface area contributed by atoms with E-state index < -0.39 is 0 Å². The van der Waals surface area contributed by atoms with E-state index in [2.05, 4.69) is 5.32 Å². The maximum Gasteiger partial charge on any atom is 0.310 e. The van der Waals surface area contributed by atoms with Gasteiger partial charge >= 0.3 is 5.97 Å². The standard InChI is InChI=1S/C14H22N2O4/c1-2-20-14(19)11-4-3-7-16(9-11)13(18)10-5-6-12(17)15-8-10/h10-11H,2-9H2,1H3,(H,15,17)/t10-,11-/m1/s1. The number of nitrogens with zero attached hydrogens (tertiary/aromatic N) is 1. The first-order chi connectivity index (χ1) is 9.61. The van der Waals surface area contributed by atoms with Crippen LogP contribution in [0.4, 0.5) is 0 Å². The van der Waals surface area contributed by atoms with Crippen LogP contribution in [0.25, 0.3) is 0 Å². The van der Waals surface area contributed by atoms with Crippen LogP contribution in [0.2, 0.25) is 0 Å². The third-order valence-corrected chi connectivity index (χ3v) is 3.97. The molecule has 0 spiro atoms. The zero-order valence-electron chi connectivity index (χ0n) is 11.9. The molecule has 2 atom stereocenters. The first-order valence-corrected chi connectivity index (χ1v) is 7.34. The molecule has 2 heterocycles. The number of hydrogen-bond donors (Lipinski definition) is 1. The number of carbonyl (C=O) groups is 3. The van der Waals surface area contributed by atoms with E-state index >= 15 is 0 Å². The Morgan fingerprint density at radius 2 is 2.15 bits per heavy atom. The molecule has 20 heavy (non-hydrogen) atoms. The highest BCUT2D eigenvalue weighted by atomic mass is 16.5. The first-order valence-electron chi connectivity index (χ1n) is 7.34. The lowest BCUT2D eigenvalue weighted by molar-refractivity contribution is -0.152. The SMILES string of the molecule is CCOC(=O)[C@@H]1CCCN(C(=O)[C@@H]2CCC(=O)NC2)C1. The summed E-state index contributed by atoms with van der Waals surface area (Å²) in [5.41, 5.74) is 0. The van der Waals surface area contributed by atoms with Gasteiger partial charge in [-0.25, -0.2) is 0 Å². The van der Waals surface area contributed by atoms with Crippen molar-refractivity contribution in [2.24, 2.45) is 11.8 Å². The summed E-state index contributed by atoms with van der Waals surface area (Å²) in [6.45, 7) is 3.71. The number of ether oxygens (including phenoxy) is 1. The number of esters is 1. The van der Waals surface area contributed by atoms with Gasteiger partial charge in [0.05, 0.1) is 18.4 Å². The Balaban J connectivity index is 1.89. The predicted octanol–water partition coefficient (Wildman–Crippen LogP) is 0.314. The van der Waals surface area contributed by atoms with Crippen LogP contribution in [0.5, 0.6) is 0 Å². The van der Waals surface area contributed by atoms with E-state index in [1.54, 1.807) is 11.8 Å². The van der Waals surface area contributed by atoms with Gasteiger partial charge < -0.3 is 15.0 Å². The van der Waals surface area contributed by atoms with E-state index in [0.29, 0.717) is 39.1 Å². The molecule has 0 saturated carbocycles. The van der Waals surface area contributed by atoms with Crippen LogP contribution in [-0.2, 0) is 19.1 Å². The molecule has 0 unspecified atom stereocenters. The van der Waals surface area contributed by atoms with Crippen LogP contribution in [-0.4, -0.2) is 48.9 Å². The monoisotopic (exact) mass is 282 g/mol. The quantitative estimate of drug-likeness (QED) is 0.756. The number of carbonyl (C=O) groups excluding carboxylic acids is 3. The minimum Gasteiger partial charge on any atom is -0.466 e. The second kappa shape index (κ2) is 6.72. The third-order valence-electron chi connectivity index (χ3n) is 3.97. The van der Waals surface area contributed by atoms with Crippen LogP contribution in [0.3, 0.4) is 0 Å². The van der Waals surface area contributed by atoms with Crippen molar-refractivity contribution in [2.45, 2.75) is 32.6 Å². The van der Waals surface area contributed by atoms with E-state index in [1.807, 2.05) is 0 Å². The summed E-state index contributed by atoms with van der Waals surface area (Å²) in [7, 11) is 0. The van der Waals surface area contributed by atoms with Crippen LogP contribution in [0, 0.1) is 11.8 Å². The van der Waals surface area contributed by atoms with Gasteiger partial charge in [-0.1, -0.05) is 0 Å². The fourth-order valence-electron chi connectivity index (χ4n) is 2.83. The van der Waals surface area contributed by atoms with Crippen molar-refractivity contribution in [3.05, 3.63) is 0 Å². The maximum atomic E-state index is 12.4. The molecule has 2 fully saturated rings. The van der Waals surface area contributed by atoms with Gasteiger partial charge in [0.1, 0.15) is 0 Å². The van der Waals surface area contributed by atoms with Crippen molar-refractivity contribution >= 4 is 17.8 Å². The molecule has 2 aliphatic heterocycles. The van der Waals surface area contributed by atoms with E-state index in [0.717, 1.165) is 12.8 Å². The summed E-state index contributed by atoms with van der Waals surface area (Å²) in [6, 6.07) is 0. The summed E-state index contributed by atoms with van der Waals surface area (Å²) in [5, 5.41) is 2.73. The summed E-state index contributed by atoms with van der Waals surface area (Å²) < 4.78 is 5.04. The largest absolute Gasteiger partial charge is 0.466 e. The number of amides is 2. The topological polar surface area (TPSA) is 75.7 Å². The van der Waals surface area contributed by atoms with Crippen molar-refractivity contribution in [3.8, 4) is 0 Å². The molecule has 6 nitrogen and oxygen atoms in total. The zero-order valence-corrected chi connectivity index (χ0v) is 11.9. The van der Waals surface area contributed by atoms with E-state index in [-0.39, 0.29) is 29.6 Å². The first kappa shape index (κ1) is 14.8. The Morgan fingerprint density at radius 1 is 1.35 bits per heavy atom. The number of rotatable bonds is 3. The highest BCUT2D eigenvalue weighted by molar-refractivity contribution is 5.84. The van der Waals surface area contributed by atoms with Crippen LogP contribution >= 0.6 is 0 Å². The molecule has 2 saturated heterocycles. The Labute approximate surface area is 118 Å². The molecule has 112 valence electrons. The minimum absolute atomic E-state index is 0.0112. The number of nitrogens with one attached hydrogen (secondary N) is 1. The normalized spacial score (nSPS) is 26.9. The molecule has 2 amide bonds.